The van der Waals surface area contributed by atoms with Gasteiger partial charge in [0, 0.05) is 18.3 Å². The second-order valence-corrected chi connectivity index (χ2v) is 7.17. The minimum atomic E-state index is -1.45. The van der Waals surface area contributed by atoms with Gasteiger partial charge in [0.15, 0.2) is 11.5 Å². The van der Waals surface area contributed by atoms with E-state index in [1.165, 1.54) is 0 Å². The summed E-state index contributed by atoms with van der Waals surface area (Å²) in [5.74, 6) is -0.884. The molecule has 1 heterocycles. The molecule has 4 atom stereocenters. The van der Waals surface area contributed by atoms with Crippen LogP contribution >= 0.6 is 0 Å². The average Bonchev–Trinajstić information content (AvgIpc) is 2.60. The molecule has 1 saturated carbocycles. The van der Waals surface area contributed by atoms with Crippen LogP contribution in [-0.2, 0) is 14.3 Å². The highest BCUT2D eigenvalue weighted by Crippen LogP contribution is 2.48. The Bertz CT molecular complexity index is 696. The third-order valence-electron chi connectivity index (χ3n) is 5.34. The molecule has 6 nitrogen and oxygen atoms in total. The van der Waals surface area contributed by atoms with E-state index in [2.05, 4.69) is 0 Å². The van der Waals surface area contributed by atoms with Crippen molar-refractivity contribution >= 4 is 11.8 Å². The lowest BCUT2D eigenvalue weighted by Crippen LogP contribution is -2.53. The number of carbonyl (C=O) groups is 2. The lowest BCUT2D eigenvalue weighted by atomic mass is 9.61. The molecule has 2 aliphatic rings. The Kier molecular flexibility index (Phi) is 5.23. The third kappa shape index (κ3) is 3.30. The summed E-state index contributed by atoms with van der Waals surface area (Å²) < 4.78 is 16.5. The summed E-state index contributed by atoms with van der Waals surface area (Å²) in [6.45, 7) is 6.38. The molecule has 1 fully saturated rings. The number of fused-ring (bicyclic) bond motifs is 1. The highest BCUT2D eigenvalue weighted by atomic mass is 16.6. The highest BCUT2D eigenvalue weighted by molar-refractivity contribution is 5.88. The fourth-order valence-corrected chi connectivity index (χ4v) is 4.22. The van der Waals surface area contributed by atoms with Gasteiger partial charge in [-0.1, -0.05) is 13.0 Å². The van der Waals surface area contributed by atoms with Crippen molar-refractivity contribution in [3.63, 3.8) is 0 Å². The van der Waals surface area contributed by atoms with E-state index >= 15 is 0 Å². The van der Waals surface area contributed by atoms with Crippen LogP contribution in [0.3, 0.4) is 0 Å². The van der Waals surface area contributed by atoms with Crippen LogP contribution in [-0.4, -0.2) is 42.3 Å². The molecule has 0 aromatic heterocycles. The largest absolute Gasteiger partial charge is 0.486 e. The summed E-state index contributed by atoms with van der Waals surface area (Å²) in [4.78, 5) is 25.4. The fourth-order valence-electron chi connectivity index (χ4n) is 4.22. The van der Waals surface area contributed by atoms with E-state index in [9.17, 15) is 14.7 Å². The first kappa shape index (κ1) is 18.7. The van der Waals surface area contributed by atoms with E-state index in [0.717, 1.165) is 5.56 Å². The van der Waals surface area contributed by atoms with Gasteiger partial charge in [0.2, 0.25) is 0 Å². The lowest BCUT2D eigenvalue weighted by molar-refractivity contribution is -0.167. The number of ketones is 1. The molecule has 3 rings (SSSR count). The monoisotopic (exact) mass is 362 g/mol. The maximum atomic E-state index is 12.7. The van der Waals surface area contributed by atoms with E-state index < -0.39 is 23.4 Å². The van der Waals surface area contributed by atoms with Crippen LogP contribution in [0.15, 0.2) is 18.2 Å². The number of carbonyl (C=O) groups excluding carboxylic acids is 2. The third-order valence-corrected chi connectivity index (χ3v) is 5.34. The molecule has 4 unspecified atom stereocenters. The zero-order valence-corrected chi connectivity index (χ0v) is 15.5. The van der Waals surface area contributed by atoms with Crippen LogP contribution in [0, 0.1) is 11.8 Å². The van der Waals surface area contributed by atoms with Crippen molar-refractivity contribution in [3.8, 4) is 11.5 Å². The molecule has 1 aromatic rings. The molecule has 1 N–H and O–H groups in total. The van der Waals surface area contributed by atoms with E-state index in [4.69, 9.17) is 14.2 Å². The highest BCUT2D eigenvalue weighted by Gasteiger charge is 2.53. The normalized spacial score (nSPS) is 30.8. The van der Waals surface area contributed by atoms with Crippen molar-refractivity contribution in [2.45, 2.75) is 45.1 Å². The van der Waals surface area contributed by atoms with Crippen LogP contribution < -0.4 is 9.47 Å². The van der Waals surface area contributed by atoms with Crippen molar-refractivity contribution in [2.75, 3.05) is 19.8 Å². The molecule has 0 saturated heterocycles. The van der Waals surface area contributed by atoms with Crippen molar-refractivity contribution < 1.29 is 28.9 Å². The summed E-state index contributed by atoms with van der Waals surface area (Å²) in [7, 11) is 0. The van der Waals surface area contributed by atoms with E-state index in [1.807, 2.05) is 19.1 Å². The summed E-state index contributed by atoms with van der Waals surface area (Å²) in [5, 5.41) is 10.9. The van der Waals surface area contributed by atoms with Gasteiger partial charge < -0.3 is 19.3 Å². The summed E-state index contributed by atoms with van der Waals surface area (Å²) in [5.41, 5.74) is -0.667. The standard InChI is InChI=1S/C20H26O6/c1-4-13-14(21)11-20(3,23)18(19(22)24-5-2)17(13)12-6-7-15-16(10-12)26-9-8-25-15/h6-7,10,13,17-18,23H,4-5,8-9,11H2,1-3H3. The van der Waals surface area contributed by atoms with Crippen LogP contribution in [0.2, 0.25) is 0 Å². The Morgan fingerprint density at radius 1 is 1.27 bits per heavy atom. The first-order chi connectivity index (χ1) is 12.4. The second-order valence-electron chi connectivity index (χ2n) is 7.17. The summed E-state index contributed by atoms with van der Waals surface area (Å²) >= 11 is 0. The average molecular weight is 362 g/mol. The SMILES string of the molecule is CCOC(=O)C1C(c2ccc3c(c2)OCCO3)C(CC)C(=O)CC1(C)O. The van der Waals surface area contributed by atoms with Crippen LogP contribution in [0.25, 0.3) is 0 Å². The van der Waals surface area contributed by atoms with Crippen molar-refractivity contribution in [2.24, 2.45) is 11.8 Å². The number of rotatable bonds is 4. The van der Waals surface area contributed by atoms with Gasteiger partial charge in [-0.2, -0.15) is 0 Å². The van der Waals surface area contributed by atoms with Gasteiger partial charge >= 0.3 is 5.97 Å². The fraction of sp³-hybridized carbons (Fsp3) is 0.600. The number of aliphatic hydroxyl groups is 1. The van der Waals surface area contributed by atoms with Crippen LogP contribution in [0.4, 0.5) is 0 Å². The van der Waals surface area contributed by atoms with Crippen molar-refractivity contribution in [1.82, 2.24) is 0 Å². The quantitative estimate of drug-likeness (QED) is 0.829. The second kappa shape index (κ2) is 7.27. The molecular weight excluding hydrogens is 336 g/mol. The summed E-state index contributed by atoms with van der Waals surface area (Å²) in [6, 6.07) is 5.47. The van der Waals surface area contributed by atoms with E-state index in [0.29, 0.717) is 31.1 Å². The molecule has 1 aliphatic carbocycles. The number of esters is 1. The molecule has 26 heavy (non-hydrogen) atoms. The smallest absolute Gasteiger partial charge is 0.312 e. The minimum absolute atomic E-state index is 0.0297. The Hall–Kier alpha value is -2.08. The Labute approximate surface area is 153 Å². The molecule has 0 bridgehead atoms. The molecule has 6 heteroatoms. The van der Waals surface area contributed by atoms with Gasteiger partial charge in [-0.25, -0.2) is 0 Å². The minimum Gasteiger partial charge on any atom is -0.486 e. The first-order valence-corrected chi connectivity index (χ1v) is 9.20. The van der Waals surface area contributed by atoms with Gasteiger partial charge in [-0.15, -0.1) is 0 Å². The first-order valence-electron chi connectivity index (χ1n) is 9.20. The van der Waals surface area contributed by atoms with E-state index in [-0.39, 0.29) is 24.7 Å². The number of hydrogen-bond acceptors (Lipinski definition) is 6. The zero-order valence-electron chi connectivity index (χ0n) is 15.5. The van der Waals surface area contributed by atoms with Gasteiger partial charge in [0.25, 0.3) is 0 Å². The van der Waals surface area contributed by atoms with Crippen molar-refractivity contribution in [1.29, 1.82) is 0 Å². The van der Waals surface area contributed by atoms with Crippen LogP contribution in [0.1, 0.15) is 45.1 Å². The van der Waals surface area contributed by atoms with Gasteiger partial charge in [0.1, 0.15) is 19.0 Å². The maximum Gasteiger partial charge on any atom is 0.312 e. The number of hydrogen-bond donors (Lipinski definition) is 1. The molecular formula is C20H26O6. The predicted molar refractivity (Wildman–Crippen MR) is 94.3 cm³/mol. The Balaban J connectivity index is 2.07. The summed E-state index contributed by atoms with van der Waals surface area (Å²) in [6.07, 6.45) is 0.542. The zero-order chi connectivity index (χ0) is 18.9. The van der Waals surface area contributed by atoms with Crippen molar-refractivity contribution in [3.05, 3.63) is 23.8 Å². The van der Waals surface area contributed by atoms with Gasteiger partial charge in [-0.05, 0) is 38.0 Å². The maximum absolute atomic E-state index is 12.7. The Morgan fingerprint density at radius 2 is 1.96 bits per heavy atom. The molecule has 0 radical (unpaired) electrons. The predicted octanol–water partition coefficient (Wildman–Crippen LogP) is 2.47. The molecule has 0 amide bonds. The van der Waals surface area contributed by atoms with Gasteiger partial charge in [-0.3, -0.25) is 9.59 Å². The molecule has 0 spiro atoms. The molecule has 1 aromatic carbocycles. The van der Waals surface area contributed by atoms with Gasteiger partial charge in [0.05, 0.1) is 18.1 Å². The van der Waals surface area contributed by atoms with Crippen LogP contribution in [0.5, 0.6) is 11.5 Å². The lowest BCUT2D eigenvalue weighted by Gasteiger charge is -2.44. The Morgan fingerprint density at radius 3 is 2.62 bits per heavy atom. The molecule has 142 valence electrons. The number of Topliss-reactive ketones (excluding diaryl/α,β-unsaturated/α-hetero) is 1. The number of benzene rings is 1. The topological polar surface area (TPSA) is 82.1 Å². The number of ether oxygens (including phenoxy) is 3. The molecule has 1 aliphatic heterocycles. The van der Waals surface area contributed by atoms with E-state index in [1.54, 1.807) is 19.9 Å².